The van der Waals surface area contributed by atoms with Crippen molar-refractivity contribution in [3.05, 3.63) is 44.9 Å². The van der Waals surface area contributed by atoms with Gasteiger partial charge in [0.05, 0.1) is 0 Å². The van der Waals surface area contributed by atoms with E-state index in [0.29, 0.717) is 22.4 Å². The van der Waals surface area contributed by atoms with E-state index >= 15 is 0 Å². The predicted molar refractivity (Wildman–Crippen MR) is 104 cm³/mol. The molecule has 1 aliphatic rings. The lowest BCUT2D eigenvalue weighted by atomic mass is 9.82. The minimum atomic E-state index is 0.220. The molecule has 0 N–H and O–H groups in total. The van der Waals surface area contributed by atoms with Crippen molar-refractivity contribution in [2.24, 2.45) is 5.92 Å². The van der Waals surface area contributed by atoms with E-state index in [1.165, 1.54) is 11.5 Å². The molecule has 4 nitrogen and oxygen atoms in total. The second kappa shape index (κ2) is 7.15. The molecule has 4 rings (SSSR count). The van der Waals surface area contributed by atoms with Crippen LogP contribution in [0.4, 0.5) is 0 Å². The number of ketones is 1. The summed E-state index contributed by atoms with van der Waals surface area (Å²) < 4.78 is 4.48. The van der Waals surface area contributed by atoms with Crippen molar-refractivity contribution < 1.29 is 4.79 Å². The molecule has 2 heterocycles. The number of carbonyl (C=O) groups excluding carboxylic acids is 1. The second-order valence-corrected chi connectivity index (χ2v) is 9.29. The zero-order valence-electron chi connectivity index (χ0n) is 13.4. The number of thioether (sulfide) groups is 1. The predicted octanol–water partition coefficient (Wildman–Crippen LogP) is 5.37. The molecule has 0 bridgehead atoms. The third-order valence-corrected chi connectivity index (χ3v) is 7.04. The quantitative estimate of drug-likeness (QED) is 0.544. The van der Waals surface area contributed by atoms with E-state index < -0.39 is 0 Å². The Kier molecular flexibility index (Phi) is 4.90. The first kappa shape index (κ1) is 17.1. The fourth-order valence-corrected chi connectivity index (χ4v) is 5.62. The topological polar surface area (TPSA) is 55.7 Å². The molecule has 8 heteroatoms. The van der Waals surface area contributed by atoms with Crippen LogP contribution in [0, 0.1) is 5.92 Å². The lowest BCUT2D eigenvalue weighted by molar-refractivity contribution is 0.0950. The number of aromatic nitrogens is 3. The van der Waals surface area contributed by atoms with Crippen LogP contribution in [0.3, 0.4) is 0 Å². The maximum Gasteiger partial charge on any atom is 0.164 e. The third-order valence-electron chi connectivity index (χ3n) is 4.18. The molecule has 0 aliphatic heterocycles. The van der Waals surface area contributed by atoms with Crippen molar-refractivity contribution in [2.75, 3.05) is 0 Å². The highest BCUT2D eigenvalue weighted by Crippen LogP contribution is 2.40. The van der Waals surface area contributed by atoms with Gasteiger partial charge >= 0.3 is 0 Å². The maximum absolute atomic E-state index is 12.8. The van der Waals surface area contributed by atoms with Crippen LogP contribution in [-0.4, -0.2) is 20.4 Å². The fraction of sp³-hybridized carbons (Fsp3) is 0.294. The summed E-state index contributed by atoms with van der Waals surface area (Å²) in [5.74, 6) is 1.19. The molecule has 0 amide bonds. The molecule has 3 aromatic rings. The molecule has 2 aromatic heterocycles. The Labute approximate surface area is 162 Å². The van der Waals surface area contributed by atoms with E-state index in [9.17, 15) is 4.79 Å². The lowest BCUT2D eigenvalue weighted by Gasteiger charge is -2.24. The number of benzene rings is 1. The SMILES string of the molecule is CC1CC(=O)c2c(SCc3nnsc3Cl)ccc(-c3nccs3)c2C1. The Morgan fingerprint density at radius 2 is 2.24 bits per heavy atom. The number of hydrogen-bond acceptors (Lipinski definition) is 7. The Balaban J connectivity index is 1.74. The number of fused-ring (bicyclic) bond motifs is 1. The molecule has 1 aromatic carbocycles. The van der Waals surface area contributed by atoms with Crippen molar-refractivity contribution in [3.63, 3.8) is 0 Å². The number of thiazole rings is 1. The van der Waals surface area contributed by atoms with Crippen LogP contribution in [-0.2, 0) is 12.2 Å². The summed E-state index contributed by atoms with van der Waals surface area (Å²) in [6.45, 7) is 2.13. The van der Waals surface area contributed by atoms with Crippen LogP contribution < -0.4 is 0 Å². The first-order chi connectivity index (χ1) is 12.1. The second-order valence-electron chi connectivity index (χ2n) is 6.02. The molecule has 0 radical (unpaired) electrons. The van der Waals surface area contributed by atoms with Gasteiger partial charge in [0.15, 0.2) is 5.78 Å². The molecule has 0 spiro atoms. The average Bonchev–Trinajstić information content (AvgIpc) is 3.24. The summed E-state index contributed by atoms with van der Waals surface area (Å²) in [4.78, 5) is 18.2. The van der Waals surface area contributed by atoms with Gasteiger partial charge in [0.25, 0.3) is 0 Å². The van der Waals surface area contributed by atoms with Crippen molar-refractivity contribution in [3.8, 4) is 10.6 Å². The van der Waals surface area contributed by atoms with E-state index in [0.717, 1.165) is 38.7 Å². The molecule has 1 atom stereocenters. The van der Waals surface area contributed by atoms with E-state index in [4.69, 9.17) is 11.6 Å². The molecule has 0 saturated carbocycles. The highest BCUT2D eigenvalue weighted by atomic mass is 35.5. The summed E-state index contributed by atoms with van der Waals surface area (Å²) in [7, 11) is 0. The summed E-state index contributed by atoms with van der Waals surface area (Å²) >= 11 is 10.5. The number of carbonyl (C=O) groups is 1. The van der Waals surface area contributed by atoms with Crippen LogP contribution in [0.25, 0.3) is 10.6 Å². The van der Waals surface area contributed by atoms with Crippen LogP contribution in [0.2, 0.25) is 4.34 Å². The molecular weight excluding hydrogens is 394 g/mol. The highest BCUT2D eigenvalue weighted by molar-refractivity contribution is 7.98. The standard InChI is InChI=1S/C17H14ClN3OS3/c1-9-6-11-10(17-19-4-5-23-17)2-3-14(15(11)13(22)7-9)24-8-12-16(18)25-21-20-12/h2-5,9H,6-8H2,1H3. The highest BCUT2D eigenvalue weighted by Gasteiger charge is 2.28. The van der Waals surface area contributed by atoms with E-state index in [1.54, 1.807) is 29.3 Å². The van der Waals surface area contributed by atoms with Crippen LogP contribution in [0.15, 0.2) is 28.6 Å². The van der Waals surface area contributed by atoms with Gasteiger partial charge < -0.3 is 0 Å². The van der Waals surface area contributed by atoms with Crippen molar-refractivity contribution in [2.45, 2.75) is 30.4 Å². The maximum atomic E-state index is 12.8. The van der Waals surface area contributed by atoms with Gasteiger partial charge in [0.2, 0.25) is 0 Å². The van der Waals surface area contributed by atoms with Crippen molar-refractivity contribution in [1.82, 2.24) is 14.6 Å². The van der Waals surface area contributed by atoms with Gasteiger partial charge in [-0.05, 0) is 24.0 Å². The Hall–Kier alpha value is -1.28. The van der Waals surface area contributed by atoms with Gasteiger partial charge in [-0.2, -0.15) is 0 Å². The largest absolute Gasteiger partial charge is 0.294 e. The smallest absolute Gasteiger partial charge is 0.164 e. The molecule has 1 aliphatic carbocycles. The fourth-order valence-electron chi connectivity index (χ4n) is 3.09. The molecule has 0 saturated heterocycles. The van der Waals surface area contributed by atoms with Gasteiger partial charge in [-0.25, -0.2) is 4.98 Å². The monoisotopic (exact) mass is 407 g/mol. The summed E-state index contributed by atoms with van der Waals surface area (Å²) in [5.41, 5.74) is 3.84. The van der Waals surface area contributed by atoms with Gasteiger partial charge in [-0.3, -0.25) is 4.79 Å². The van der Waals surface area contributed by atoms with Gasteiger partial charge in [0, 0.05) is 51.3 Å². The van der Waals surface area contributed by atoms with Gasteiger partial charge in [-0.15, -0.1) is 28.2 Å². The van der Waals surface area contributed by atoms with E-state index in [1.807, 2.05) is 11.4 Å². The Morgan fingerprint density at radius 3 is 2.96 bits per heavy atom. The van der Waals surface area contributed by atoms with E-state index in [2.05, 4.69) is 27.6 Å². The molecular formula is C17H14ClN3OS3. The number of rotatable bonds is 4. The van der Waals surface area contributed by atoms with Crippen molar-refractivity contribution >= 4 is 52.0 Å². The number of halogens is 1. The third kappa shape index (κ3) is 3.38. The first-order valence-corrected chi connectivity index (χ1v) is 10.8. The lowest BCUT2D eigenvalue weighted by Crippen LogP contribution is -2.19. The minimum Gasteiger partial charge on any atom is -0.294 e. The minimum absolute atomic E-state index is 0.220. The van der Waals surface area contributed by atoms with Gasteiger partial charge in [0.1, 0.15) is 15.0 Å². The number of hydrogen-bond donors (Lipinski definition) is 0. The number of Topliss-reactive ketones (excluding diaryl/α,β-unsaturated/α-hetero) is 1. The zero-order chi connectivity index (χ0) is 17.4. The van der Waals surface area contributed by atoms with Gasteiger partial charge in [-0.1, -0.05) is 29.1 Å². The van der Waals surface area contributed by atoms with Crippen molar-refractivity contribution in [1.29, 1.82) is 0 Å². The molecule has 1 unspecified atom stereocenters. The van der Waals surface area contributed by atoms with E-state index in [-0.39, 0.29) is 5.78 Å². The molecule has 128 valence electrons. The normalized spacial score (nSPS) is 16.9. The summed E-state index contributed by atoms with van der Waals surface area (Å²) in [6.07, 6.45) is 3.31. The molecule has 0 fully saturated rings. The zero-order valence-corrected chi connectivity index (χ0v) is 16.6. The molecule has 25 heavy (non-hydrogen) atoms. The first-order valence-electron chi connectivity index (χ1n) is 7.82. The average molecular weight is 408 g/mol. The van der Waals surface area contributed by atoms with Crippen LogP contribution >= 0.6 is 46.2 Å². The number of nitrogens with zero attached hydrogens (tertiary/aromatic N) is 3. The summed E-state index contributed by atoms with van der Waals surface area (Å²) in [5, 5.41) is 7.00. The van der Waals surface area contributed by atoms with Crippen LogP contribution in [0.5, 0.6) is 0 Å². The van der Waals surface area contributed by atoms with Crippen LogP contribution in [0.1, 0.15) is 35.0 Å². The summed E-state index contributed by atoms with van der Waals surface area (Å²) in [6, 6.07) is 4.12. The Morgan fingerprint density at radius 1 is 1.36 bits per heavy atom. The Bertz CT molecular complexity index is 923.